The van der Waals surface area contributed by atoms with Crippen molar-refractivity contribution in [1.29, 1.82) is 0 Å². The predicted octanol–water partition coefficient (Wildman–Crippen LogP) is 3.85. The summed E-state index contributed by atoms with van der Waals surface area (Å²) in [6.07, 6.45) is 0.435. The van der Waals surface area contributed by atoms with Crippen molar-refractivity contribution in [2.45, 2.75) is 6.18 Å². The van der Waals surface area contributed by atoms with Gasteiger partial charge in [-0.05, 0) is 24.3 Å². The van der Waals surface area contributed by atoms with Crippen LogP contribution in [0.25, 0.3) is 28.2 Å². The molecular weight excluding hydrogens is 469 g/mol. The lowest BCUT2D eigenvalue weighted by Crippen LogP contribution is -2.36. The lowest BCUT2D eigenvalue weighted by molar-refractivity contribution is -0.123. The number of urea groups is 1. The molecule has 0 spiro atoms. The van der Waals surface area contributed by atoms with E-state index in [4.69, 9.17) is 14.6 Å². The zero-order valence-electron chi connectivity index (χ0n) is 18.2. The first-order valence-corrected chi connectivity index (χ1v) is 9.87. The number of rotatable bonds is 5. The number of carbonyl (C=O) groups is 2. The summed E-state index contributed by atoms with van der Waals surface area (Å²) in [4.78, 5) is 32.8. The van der Waals surface area contributed by atoms with Crippen molar-refractivity contribution in [2.75, 3.05) is 19.0 Å². The van der Waals surface area contributed by atoms with Gasteiger partial charge in [-0.25, -0.2) is 19.7 Å². The molecule has 10 nitrogen and oxygen atoms in total. The van der Waals surface area contributed by atoms with Crippen LogP contribution in [0.3, 0.4) is 0 Å². The predicted molar refractivity (Wildman–Crippen MR) is 120 cm³/mol. The van der Waals surface area contributed by atoms with Crippen LogP contribution in [-0.2, 0) is 4.79 Å². The van der Waals surface area contributed by atoms with E-state index in [2.05, 4.69) is 20.3 Å². The number of anilines is 1. The van der Waals surface area contributed by atoms with Gasteiger partial charge in [0.15, 0.2) is 0 Å². The number of halogens is 3. The molecule has 3 aromatic heterocycles. The van der Waals surface area contributed by atoms with E-state index in [-0.39, 0.29) is 6.47 Å². The molecule has 2 amide bonds. The maximum Gasteiger partial charge on any atom is 0.405 e. The van der Waals surface area contributed by atoms with Crippen LogP contribution in [0.1, 0.15) is 0 Å². The minimum Gasteiger partial charge on any atom is -0.483 e. The Labute approximate surface area is 196 Å². The smallest absolute Gasteiger partial charge is 0.405 e. The Bertz CT molecular complexity index is 1330. The molecule has 4 rings (SSSR count). The van der Waals surface area contributed by atoms with E-state index in [0.29, 0.717) is 22.9 Å². The molecule has 3 heterocycles. The van der Waals surface area contributed by atoms with Crippen LogP contribution in [-0.4, -0.2) is 56.8 Å². The normalized spacial score (nSPS) is 10.7. The topological polar surface area (TPSA) is 131 Å². The summed E-state index contributed by atoms with van der Waals surface area (Å²) in [6, 6.07) is 11.2. The Hall–Kier alpha value is -4.68. The van der Waals surface area contributed by atoms with Crippen molar-refractivity contribution < 1.29 is 32.6 Å². The third kappa shape index (κ3) is 6.66. The summed E-state index contributed by atoms with van der Waals surface area (Å²) in [5.41, 5.74) is 3.99. The number of benzene rings is 1. The fraction of sp³-hybridized carbons (Fsp3) is 0.136. The van der Waals surface area contributed by atoms with Crippen molar-refractivity contribution in [3.63, 3.8) is 0 Å². The SMILES string of the molecule is COc1cc(-c2ccn3c(-c4cccc(NC(=O)NCC(F)(F)F)c4)cnc3c2)ncn1.O=CO. The fourth-order valence-corrected chi connectivity index (χ4v) is 3.07. The maximum atomic E-state index is 12.3. The van der Waals surface area contributed by atoms with Gasteiger partial charge in [-0.2, -0.15) is 13.2 Å². The van der Waals surface area contributed by atoms with Gasteiger partial charge in [-0.15, -0.1) is 0 Å². The number of nitrogens with zero attached hydrogens (tertiary/aromatic N) is 4. The van der Waals surface area contributed by atoms with Gasteiger partial charge in [0.25, 0.3) is 6.47 Å². The van der Waals surface area contributed by atoms with E-state index >= 15 is 0 Å². The maximum absolute atomic E-state index is 12.3. The third-order valence-corrected chi connectivity index (χ3v) is 4.53. The van der Waals surface area contributed by atoms with Gasteiger partial charge in [-0.3, -0.25) is 9.20 Å². The molecule has 0 radical (unpaired) electrons. The molecule has 4 aromatic rings. The van der Waals surface area contributed by atoms with Gasteiger partial charge in [0, 0.05) is 29.1 Å². The molecule has 0 aliphatic rings. The van der Waals surface area contributed by atoms with Crippen molar-refractivity contribution >= 4 is 23.8 Å². The Morgan fingerprint density at radius 1 is 1.14 bits per heavy atom. The number of hydrogen-bond acceptors (Lipinski definition) is 6. The number of hydrogen-bond donors (Lipinski definition) is 3. The van der Waals surface area contributed by atoms with Gasteiger partial charge >= 0.3 is 12.2 Å². The van der Waals surface area contributed by atoms with Gasteiger partial charge in [0.2, 0.25) is 5.88 Å². The average molecular weight is 488 g/mol. The number of aromatic nitrogens is 4. The summed E-state index contributed by atoms with van der Waals surface area (Å²) in [6.45, 7) is -1.66. The molecular formula is C22H19F3N6O4. The highest BCUT2D eigenvalue weighted by molar-refractivity contribution is 5.90. The molecule has 0 bridgehead atoms. The van der Waals surface area contributed by atoms with Crippen molar-refractivity contribution in [3.8, 4) is 28.4 Å². The number of ether oxygens (including phenoxy) is 1. The second-order valence-corrected chi connectivity index (χ2v) is 6.84. The van der Waals surface area contributed by atoms with E-state index in [1.54, 1.807) is 35.8 Å². The quantitative estimate of drug-likeness (QED) is 0.364. The monoisotopic (exact) mass is 488 g/mol. The molecule has 1 aromatic carbocycles. The Balaban J connectivity index is 0.00000108. The number of carboxylic acid groups (broad SMARTS) is 1. The highest BCUT2D eigenvalue weighted by Crippen LogP contribution is 2.27. The minimum absolute atomic E-state index is 0.250. The van der Waals surface area contributed by atoms with Crippen LogP contribution in [0.15, 0.2) is 61.2 Å². The van der Waals surface area contributed by atoms with Crippen molar-refractivity contribution in [3.05, 3.63) is 61.2 Å². The number of nitrogens with one attached hydrogen (secondary N) is 2. The molecule has 0 atom stereocenters. The van der Waals surface area contributed by atoms with Gasteiger partial charge < -0.3 is 20.5 Å². The summed E-state index contributed by atoms with van der Waals surface area (Å²) >= 11 is 0. The lowest BCUT2D eigenvalue weighted by atomic mass is 10.1. The Kier molecular flexibility index (Phi) is 7.81. The van der Waals surface area contributed by atoms with E-state index in [1.807, 2.05) is 28.8 Å². The summed E-state index contributed by atoms with van der Waals surface area (Å²) < 4.78 is 43.8. The van der Waals surface area contributed by atoms with Crippen LogP contribution < -0.4 is 15.4 Å². The molecule has 0 saturated heterocycles. The van der Waals surface area contributed by atoms with E-state index in [9.17, 15) is 18.0 Å². The second kappa shape index (κ2) is 11.0. The van der Waals surface area contributed by atoms with Gasteiger partial charge in [0.1, 0.15) is 18.5 Å². The molecule has 35 heavy (non-hydrogen) atoms. The number of carbonyl (C=O) groups excluding carboxylic acids is 1. The van der Waals surface area contributed by atoms with E-state index in [0.717, 1.165) is 16.8 Å². The van der Waals surface area contributed by atoms with E-state index < -0.39 is 18.8 Å². The molecule has 0 unspecified atom stereocenters. The Morgan fingerprint density at radius 2 is 1.91 bits per heavy atom. The number of fused-ring (bicyclic) bond motifs is 1. The first kappa shape index (κ1) is 25.0. The molecule has 0 aliphatic heterocycles. The van der Waals surface area contributed by atoms with Crippen LogP contribution >= 0.6 is 0 Å². The highest BCUT2D eigenvalue weighted by Gasteiger charge is 2.27. The van der Waals surface area contributed by atoms with Crippen LogP contribution in [0.4, 0.5) is 23.7 Å². The zero-order chi connectivity index (χ0) is 25.4. The lowest BCUT2D eigenvalue weighted by Gasteiger charge is -2.11. The molecule has 3 N–H and O–H groups in total. The number of pyridine rings is 1. The Morgan fingerprint density at radius 3 is 2.63 bits per heavy atom. The average Bonchev–Trinajstić information content (AvgIpc) is 3.26. The number of alkyl halides is 3. The van der Waals surface area contributed by atoms with E-state index in [1.165, 1.54) is 13.4 Å². The fourth-order valence-electron chi connectivity index (χ4n) is 3.07. The van der Waals surface area contributed by atoms with Crippen molar-refractivity contribution in [1.82, 2.24) is 24.7 Å². The van der Waals surface area contributed by atoms with Crippen LogP contribution in [0.2, 0.25) is 0 Å². The molecule has 13 heteroatoms. The summed E-state index contributed by atoms with van der Waals surface area (Å²) in [5, 5.41) is 11.1. The number of imidazole rings is 1. The first-order valence-electron chi connectivity index (χ1n) is 9.87. The standard InChI is InChI=1S/C21H17F3N6O2.CH2O2/c1-32-19-9-16(27-12-28-19)13-5-6-30-17(10-25-18(30)8-13)14-3-2-4-15(7-14)29-20(31)26-11-21(22,23)24;2-1-3/h2-10,12H,11H2,1H3,(H2,26,29,31);1H,(H,2,3). The van der Waals surface area contributed by atoms with Crippen LogP contribution in [0, 0.1) is 0 Å². The number of methoxy groups -OCH3 is 1. The molecule has 0 aliphatic carbocycles. The van der Waals surface area contributed by atoms with Gasteiger partial charge in [-0.1, -0.05) is 12.1 Å². The second-order valence-electron chi connectivity index (χ2n) is 6.84. The minimum atomic E-state index is -4.48. The van der Waals surface area contributed by atoms with Crippen molar-refractivity contribution in [2.24, 2.45) is 0 Å². The largest absolute Gasteiger partial charge is 0.483 e. The van der Waals surface area contributed by atoms with Crippen LogP contribution in [0.5, 0.6) is 5.88 Å². The molecule has 0 fully saturated rings. The third-order valence-electron chi connectivity index (χ3n) is 4.53. The summed E-state index contributed by atoms with van der Waals surface area (Å²) in [5.74, 6) is 0.447. The highest BCUT2D eigenvalue weighted by atomic mass is 19.4. The zero-order valence-corrected chi connectivity index (χ0v) is 18.2. The number of amides is 2. The molecule has 182 valence electrons. The summed E-state index contributed by atoms with van der Waals surface area (Å²) in [7, 11) is 1.53. The molecule has 0 saturated carbocycles. The van der Waals surface area contributed by atoms with Gasteiger partial charge in [0.05, 0.1) is 24.7 Å². The first-order chi connectivity index (χ1) is 16.7.